The third kappa shape index (κ3) is 4.40. The number of benzene rings is 1. The van der Waals surface area contributed by atoms with Gasteiger partial charge in [-0.3, -0.25) is 0 Å². The van der Waals surface area contributed by atoms with E-state index in [1.807, 2.05) is 4.90 Å². The average Bonchev–Trinajstić information content (AvgIpc) is 3.16. The summed E-state index contributed by atoms with van der Waals surface area (Å²) in [4.78, 5) is 8.26. The van der Waals surface area contributed by atoms with E-state index in [1.54, 1.807) is 11.6 Å². The summed E-state index contributed by atoms with van der Waals surface area (Å²) in [7, 11) is 2.17. The van der Waals surface area contributed by atoms with Crippen molar-refractivity contribution in [2.24, 2.45) is 11.8 Å². The Labute approximate surface area is 177 Å². The van der Waals surface area contributed by atoms with Gasteiger partial charge in [0.1, 0.15) is 15.7 Å². The number of rotatable bonds is 6. The lowest BCUT2D eigenvalue weighted by molar-refractivity contribution is 0.186. The van der Waals surface area contributed by atoms with Gasteiger partial charge in [0.15, 0.2) is 10.9 Å². The SMILES string of the molecule is CN1CCC(CC2CN(c3cc(F)c(SNc4nccs4)c(F)c3Cl)C2)CC1. The molecule has 152 valence electrons. The van der Waals surface area contributed by atoms with E-state index in [0.29, 0.717) is 16.7 Å². The van der Waals surface area contributed by atoms with E-state index in [2.05, 4.69) is 21.7 Å². The molecule has 0 radical (unpaired) electrons. The highest BCUT2D eigenvalue weighted by molar-refractivity contribution is 8.00. The van der Waals surface area contributed by atoms with Gasteiger partial charge < -0.3 is 14.5 Å². The highest BCUT2D eigenvalue weighted by atomic mass is 35.5. The third-order valence-corrected chi connectivity index (χ3v) is 7.62. The summed E-state index contributed by atoms with van der Waals surface area (Å²) in [5.74, 6) is 0.0217. The minimum absolute atomic E-state index is 0.0115. The fourth-order valence-electron chi connectivity index (χ4n) is 3.94. The minimum Gasteiger partial charge on any atom is -0.369 e. The number of nitrogens with zero attached hydrogens (tertiary/aromatic N) is 3. The van der Waals surface area contributed by atoms with Crippen molar-refractivity contribution in [3.8, 4) is 0 Å². The molecule has 1 aromatic carbocycles. The summed E-state index contributed by atoms with van der Waals surface area (Å²) < 4.78 is 32.1. The molecule has 9 heteroatoms. The van der Waals surface area contributed by atoms with Gasteiger partial charge in [0.2, 0.25) is 0 Å². The second-order valence-corrected chi connectivity index (χ2v) is 9.72. The largest absolute Gasteiger partial charge is 0.369 e. The molecular formula is C19H23ClF2N4S2. The predicted octanol–water partition coefficient (Wildman–Crippen LogP) is 5.36. The van der Waals surface area contributed by atoms with Crippen molar-refractivity contribution in [3.63, 3.8) is 0 Å². The standard InChI is InChI=1S/C19H23ClF2N4S2/c1-25-5-2-12(3-6-25)8-13-10-26(11-13)15-9-14(21)18(17(22)16(15)20)28-24-19-23-4-7-27-19/h4,7,9,12-13H,2-3,5-6,8,10-11H2,1H3,(H,23,24). The Morgan fingerprint density at radius 3 is 2.71 bits per heavy atom. The molecule has 2 saturated heterocycles. The van der Waals surface area contributed by atoms with Crippen LogP contribution in [-0.4, -0.2) is 43.1 Å². The number of halogens is 3. The average molecular weight is 445 g/mol. The normalized spacial score (nSPS) is 19.1. The summed E-state index contributed by atoms with van der Waals surface area (Å²) in [6.07, 6.45) is 5.31. The molecule has 1 aromatic heterocycles. The van der Waals surface area contributed by atoms with Crippen LogP contribution in [0.3, 0.4) is 0 Å². The first-order valence-electron chi connectivity index (χ1n) is 9.44. The van der Waals surface area contributed by atoms with E-state index in [4.69, 9.17) is 11.6 Å². The van der Waals surface area contributed by atoms with Gasteiger partial charge in [-0.15, -0.1) is 11.3 Å². The number of aromatic nitrogens is 1. The summed E-state index contributed by atoms with van der Waals surface area (Å²) in [5, 5.41) is 2.36. The Hall–Kier alpha value is -1.09. The first kappa shape index (κ1) is 20.2. The van der Waals surface area contributed by atoms with Crippen molar-refractivity contribution in [1.29, 1.82) is 0 Å². The highest BCUT2D eigenvalue weighted by Crippen LogP contribution is 2.41. The van der Waals surface area contributed by atoms with Gasteiger partial charge in [0, 0.05) is 30.7 Å². The zero-order valence-electron chi connectivity index (χ0n) is 15.6. The van der Waals surface area contributed by atoms with Gasteiger partial charge in [-0.05, 0) is 63.2 Å². The molecule has 0 atom stereocenters. The van der Waals surface area contributed by atoms with Gasteiger partial charge in [-0.1, -0.05) is 11.6 Å². The Morgan fingerprint density at radius 2 is 2.04 bits per heavy atom. The molecule has 1 N–H and O–H groups in total. The molecule has 0 spiro atoms. The number of likely N-dealkylation sites (tertiary alicyclic amines) is 1. The summed E-state index contributed by atoms with van der Waals surface area (Å²) >= 11 is 8.47. The Bertz CT molecular complexity index is 807. The Kier molecular flexibility index (Phi) is 6.30. The monoisotopic (exact) mass is 444 g/mol. The zero-order chi connectivity index (χ0) is 19.7. The van der Waals surface area contributed by atoms with Crippen molar-refractivity contribution in [2.45, 2.75) is 24.2 Å². The van der Waals surface area contributed by atoms with Gasteiger partial charge in [0.25, 0.3) is 0 Å². The summed E-state index contributed by atoms with van der Waals surface area (Å²) in [5.41, 5.74) is 0.454. The van der Waals surface area contributed by atoms with Crippen LogP contribution in [0.2, 0.25) is 5.02 Å². The maximum Gasteiger partial charge on any atom is 0.192 e. The Morgan fingerprint density at radius 1 is 1.29 bits per heavy atom. The molecule has 4 rings (SSSR count). The fourth-order valence-corrected chi connectivity index (χ4v) is 5.55. The van der Waals surface area contributed by atoms with Crippen LogP contribution in [0.4, 0.5) is 19.6 Å². The minimum atomic E-state index is -0.718. The third-order valence-electron chi connectivity index (χ3n) is 5.57. The fraction of sp³-hybridized carbons (Fsp3) is 0.526. The van der Waals surface area contributed by atoms with Gasteiger partial charge in [-0.2, -0.15) is 0 Å². The van der Waals surface area contributed by atoms with Crippen molar-refractivity contribution < 1.29 is 8.78 Å². The molecule has 0 aliphatic carbocycles. The van der Waals surface area contributed by atoms with Crippen molar-refractivity contribution in [2.75, 3.05) is 42.8 Å². The van der Waals surface area contributed by atoms with Crippen LogP contribution in [0.15, 0.2) is 22.5 Å². The number of anilines is 2. The number of hydrogen-bond acceptors (Lipinski definition) is 6. The number of piperidine rings is 1. The molecule has 0 amide bonds. The van der Waals surface area contributed by atoms with E-state index in [9.17, 15) is 8.78 Å². The Balaban J connectivity index is 1.36. The van der Waals surface area contributed by atoms with Crippen LogP contribution < -0.4 is 9.62 Å². The van der Waals surface area contributed by atoms with E-state index in [0.717, 1.165) is 44.0 Å². The first-order chi connectivity index (χ1) is 13.5. The molecular weight excluding hydrogens is 422 g/mol. The molecule has 4 nitrogen and oxygen atoms in total. The van der Waals surface area contributed by atoms with Gasteiger partial charge in [-0.25, -0.2) is 13.8 Å². The van der Waals surface area contributed by atoms with Crippen molar-refractivity contribution >= 4 is 45.7 Å². The number of thiazole rings is 1. The van der Waals surface area contributed by atoms with Crippen LogP contribution in [-0.2, 0) is 0 Å². The molecule has 3 heterocycles. The molecule has 0 bridgehead atoms. The molecule has 0 saturated carbocycles. The van der Waals surface area contributed by atoms with Crippen LogP contribution in [0, 0.1) is 23.5 Å². The summed E-state index contributed by atoms with van der Waals surface area (Å²) in [6.45, 7) is 3.96. The maximum atomic E-state index is 14.7. The van der Waals surface area contributed by atoms with Crippen molar-refractivity contribution in [1.82, 2.24) is 9.88 Å². The van der Waals surface area contributed by atoms with Crippen LogP contribution in [0.5, 0.6) is 0 Å². The van der Waals surface area contributed by atoms with E-state index in [1.165, 1.54) is 36.7 Å². The smallest absolute Gasteiger partial charge is 0.192 e. The van der Waals surface area contributed by atoms with Crippen LogP contribution >= 0.6 is 34.9 Å². The quantitative estimate of drug-likeness (QED) is 0.478. The van der Waals surface area contributed by atoms with Crippen LogP contribution in [0.1, 0.15) is 19.3 Å². The lowest BCUT2D eigenvalue weighted by atomic mass is 9.83. The number of hydrogen-bond donors (Lipinski definition) is 1. The second-order valence-electron chi connectivity index (χ2n) is 7.63. The molecule has 2 aliphatic heterocycles. The zero-order valence-corrected chi connectivity index (χ0v) is 18.0. The van der Waals surface area contributed by atoms with E-state index < -0.39 is 11.6 Å². The molecule has 2 aliphatic rings. The lowest BCUT2D eigenvalue weighted by Crippen LogP contribution is -2.48. The lowest BCUT2D eigenvalue weighted by Gasteiger charge is -2.44. The van der Waals surface area contributed by atoms with E-state index in [-0.39, 0.29) is 9.92 Å². The molecule has 2 fully saturated rings. The van der Waals surface area contributed by atoms with Crippen LogP contribution in [0.25, 0.3) is 0 Å². The predicted molar refractivity (Wildman–Crippen MR) is 114 cm³/mol. The topological polar surface area (TPSA) is 31.4 Å². The van der Waals surface area contributed by atoms with Crippen molar-refractivity contribution in [3.05, 3.63) is 34.3 Å². The second kappa shape index (κ2) is 8.73. The van der Waals surface area contributed by atoms with E-state index >= 15 is 0 Å². The van der Waals surface area contributed by atoms with Gasteiger partial charge in [0.05, 0.1) is 5.69 Å². The highest BCUT2D eigenvalue weighted by Gasteiger charge is 2.33. The maximum absolute atomic E-state index is 14.7. The van der Waals surface area contributed by atoms with Gasteiger partial charge >= 0.3 is 0 Å². The summed E-state index contributed by atoms with van der Waals surface area (Å²) in [6, 6.07) is 1.35. The molecule has 0 unspecified atom stereocenters. The first-order valence-corrected chi connectivity index (χ1v) is 11.5. The number of nitrogens with one attached hydrogen (secondary N) is 1. The molecule has 2 aromatic rings. The molecule has 28 heavy (non-hydrogen) atoms.